The first kappa shape index (κ1) is 13.8. The molecule has 1 amide bonds. The van der Waals surface area contributed by atoms with E-state index in [4.69, 9.17) is 5.73 Å². The summed E-state index contributed by atoms with van der Waals surface area (Å²) in [4.78, 5) is 15.7. The summed E-state index contributed by atoms with van der Waals surface area (Å²) >= 11 is 0. The third kappa shape index (κ3) is 5.06. The van der Waals surface area contributed by atoms with E-state index in [9.17, 15) is 9.00 Å². The predicted molar refractivity (Wildman–Crippen MR) is 68.0 cm³/mol. The van der Waals surface area contributed by atoms with Crippen LogP contribution in [0.3, 0.4) is 0 Å². The Bertz CT molecular complexity index is 409. The van der Waals surface area contributed by atoms with Crippen LogP contribution in [0.2, 0.25) is 0 Å². The van der Waals surface area contributed by atoms with Gasteiger partial charge in [-0.05, 0) is 18.6 Å². The molecule has 94 valence electrons. The van der Waals surface area contributed by atoms with Crippen LogP contribution in [0.4, 0.5) is 0 Å². The van der Waals surface area contributed by atoms with Gasteiger partial charge in [-0.25, -0.2) is 0 Å². The Balaban J connectivity index is 2.43. The maximum atomic E-state index is 11.7. The Kier molecular flexibility index (Phi) is 5.79. The van der Waals surface area contributed by atoms with Gasteiger partial charge in [0, 0.05) is 47.7 Å². The second-order valence-electron chi connectivity index (χ2n) is 3.63. The number of aromatic nitrogens is 1. The quantitative estimate of drug-likeness (QED) is 0.703. The van der Waals surface area contributed by atoms with Crippen LogP contribution >= 0.6 is 0 Å². The number of nitrogens with two attached hydrogens (primary N) is 1. The van der Waals surface area contributed by atoms with Crippen molar-refractivity contribution in [3.05, 3.63) is 29.6 Å². The summed E-state index contributed by atoms with van der Waals surface area (Å²) in [6, 6.07) is 3.32. The van der Waals surface area contributed by atoms with Crippen molar-refractivity contribution >= 4 is 16.7 Å². The normalized spacial score (nSPS) is 12.1. The SMILES string of the molecule is CS(=O)CCCNC(=O)c1ccnc(CN)c1. The van der Waals surface area contributed by atoms with Crippen molar-refractivity contribution in [1.82, 2.24) is 10.3 Å². The first-order valence-corrected chi connectivity index (χ1v) is 7.09. The topological polar surface area (TPSA) is 85.1 Å². The highest BCUT2D eigenvalue weighted by atomic mass is 32.2. The van der Waals surface area contributed by atoms with Crippen LogP contribution in [0.25, 0.3) is 0 Å². The molecule has 0 spiro atoms. The third-order valence-electron chi connectivity index (χ3n) is 2.18. The lowest BCUT2D eigenvalue weighted by Gasteiger charge is -2.05. The highest BCUT2D eigenvalue weighted by Crippen LogP contribution is 2.01. The molecule has 0 aliphatic heterocycles. The van der Waals surface area contributed by atoms with Gasteiger partial charge < -0.3 is 11.1 Å². The van der Waals surface area contributed by atoms with Crippen LogP contribution in [0.1, 0.15) is 22.5 Å². The van der Waals surface area contributed by atoms with Gasteiger partial charge in [0.05, 0.1) is 5.69 Å². The molecule has 0 saturated carbocycles. The van der Waals surface area contributed by atoms with Gasteiger partial charge in [0.1, 0.15) is 0 Å². The molecule has 1 unspecified atom stereocenters. The number of nitrogens with zero attached hydrogens (tertiary/aromatic N) is 1. The van der Waals surface area contributed by atoms with Gasteiger partial charge in [-0.15, -0.1) is 0 Å². The Labute approximate surface area is 103 Å². The molecule has 0 aliphatic rings. The molecular formula is C11H17N3O2S. The summed E-state index contributed by atoms with van der Waals surface area (Å²) in [5.41, 5.74) is 6.69. The minimum atomic E-state index is -0.808. The molecule has 6 heteroatoms. The van der Waals surface area contributed by atoms with Crippen molar-refractivity contribution in [1.29, 1.82) is 0 Å². The molecule has 0 fully saturated rings. The Morgan fingerprint density at radius 1 is 1.59 bits per heavy atom. The van der Waals surface area contributed by atoms with Crippen LogP contribution in [-0.4, -0.2) is 33.7 Å². The summed E-state index contributed by atoms with van der Waals surface area (Å²) in [6.45, 7) is 0.842. The van der Waals surface area contributed by atoms with Crippen molar-refractivity contribution in [3.63, 3.8) is 0 Å². The third-order valence-corrected chi connectivity index (χ3v) is 3.05. The first-order chi connectivity index (χ1) is 8.13. The van der Waals surface area contributed by atoms with E-state index in [0.717, 1.165) is 0 Å². The number of pyridine rings is 1. The Hall–Kier alpha value is -1.27. The lowest BCUT2D eigenvalue weighted by Crippen LogP contribution is -2.25. The molecular weight excluding hydrogens is 238 g/mol. The lowest BCUT2D eigenvalue weighted by molar-refractivity contribution is 0.0953. The molecule has 0 aliphatic carbocycles. The zero-order valence-corrected chi connectivity index (χ0v) is 10.6. The van der Waals surface area contributed by atoms with Gasteiger partial charge in [-0.3, -0.25) is 14.0 Å². The fraction of sp³-hybridized carbons (Fsp3) is 0.455. The highest BCUT2D eigenvalue weighted by Gasteiger charge is 2.05. The molecule has 0 saturated heterocycles. The minimum Gasteiger partial charge on any atom is -0.352 e. The maximum absolute atomic E-state index is 11.7. The highest BCUT2D eigenvalue weighted by molar-refractivity contribution is 7.84. The zero-order chi connectivity index (χ0) is 12.7. The monoisotopic (exact) mass is 255 g/mol. The van der Waals surface area contributed by atoms with Gasteiger partial charge in [-0.2, -0.15) is 0 Å². The van der Waals surface area contributed by atoms with Crippen LogP contribution in [0.15, 0.2) is 18.3 Å². The van der Waals surface area contributed by atoms with Crippen molar-refractivity contribution in [3.8, 4) is 0 Å². The second kappa shape index (κ2) is 7.13. The number of hydrogen-bond donors (Lipinski definition) is 2. The van der Waals surface area contributed by atoms with E-state index in [0.29, 0.717) is 36.5 Å². The molecule has 0 aromatic carbocycles. The standard InChI is InChI=1S/C11H17N3O2S/c1-17(16)6-2-4-14-11(15)9-3-5-13-10(7-9)8-12/h3,5,7H,2,4,6,8,12H2,1H3,(H,14,15). The smallest absolute Gasteiger partial charge is 0.251 e. The van der Waals surface area contributed by atoms with Crippen LogP contribution < -0.4 is 11.1 Å². The minimum absolute atomic E-state index is 0.149. The second-order valence-corrected chi connectivity index (χ2v) is 5.18. The van der Waals surface area contributed by atoms with Gasteiger partial charge in [0.25, 0.3) is 5.91 Å². The van der Waals surface area contributed by atoms with Crippen molar-refractivity contribution in [2.24, 2.45) is 5.73 Å². The Morgan fingerprint density at radius 3 is 3.00 bits per heavy atom. The molecule has 1 atom stereocenters. The van der Waals surface area contributed by atoms with Crippen LogP contribution in [-0.2, 0) is 17.3 Å². The number of hydrogen-bond acceptors (Lipinski definition) is 4. The molecule has 1 aromatic heterocycles. The zero-order valence-electron chi connectivity index (χ0n) is 9.81. The Morgan fingerprint density at radius 2 is 2.35 bits per heavy atom. The van der Waals surface area contributed by atoms with E-state index < -0.39 is 10.8 Å². The molecule has 1 rings (SSSR count). The van der Waals surface area contributed by atoms with Gasteiger partial charge in [-0.1, -0.05) is 0 Å². The fourth-order valence-electron chi connectivity index (χ4n) is 1.31. The number of nitrogens with one attached hydrogen (secondary N) is 1. The number of amides is 1. The summed E-state index contributed by atoms with van der Waals surface area (Å²) in [5.74, 6) is 0.453. The van der Waals surface area contributed by atoms with Crippen LogP contribution in [0.5, 0.6) is 0 Å². The van der Waals surface area contributed by atoms with E-state index in [1.165, 1.54) is 0 Å². The fourth-order valence-corrected chi connectivity index (χ4v) is 1.86. The molecule has 5 nitrogen and oxygen atoms in total. The average Bonchev–Trinajstić information content (AvgIpc) is 2.34. The number of carbonyl (C=O) groups is 1. The molecule has 0 bridgehead atoms. The van der Waals surface area contributed by atoms with Crippen LogP contribution in [0, 0.1) is 0 Å². The van der Waals surface area contributed by atoms with Crippen molar-refractivity contribution in [2.75, 3.05) is 18.6 Å². The van der Waals surface area contributed by atoms with Gasteiger partial charge in [0.15, 0.2) is 0 Å². The molecule has 1 heterocycles. The van der Waals surface area contributed by atoms with E-state index in [-0.39, 0.29) is 5.91 Å². The van der Waals surface area contributed by atoms with Crippen molar-refractivity contribution < 1.29 is 9.00 Å². The average molecular weight is 255 g/mol. The lowest BCUT2D eigenvalue weighted by atomic mass is 10.2. The first-order valence-electron chi connectivity index (χ1n) is 5.36. The summed E-state index contributed by atoms with van der Waals surface area (Å²) in [6.07, 6.45) is 3.93. The maximum Gasteiger partial charge on any atom is 0.251 e. The molecule has 1 aromatic rings. The largest absolute Gasteiger partial charge is 0.352 e. The number of carbonyl (C=O) groups excluding carboxylic acids is 1. The van der Waals surface area contributed by atoms with E-state index >= 15 is 0 Å². The molecule has 17 heavy (non-hydrogen) atoms. The predicted octanol–water partition coefficient (Wildman–Crippen LogP) is 0.0387. The van der Waals surface area contributed by atoms with Crippen molar-refractivity contribution in [2.45, 2.75) is 13.0 Å². The summed E-state index contributed by atoms with van der Waals surface area (Å²) in [7, 11) is -0.808. The van der Waals surface area contributed by atoms with Gasteiger partial charge in [0.2, 0.25) is 0 Å². The van der Waals surface area contributed by atoms with E-state index in [1.807, 2.05) is 0 Å². The number of rotatable bonds is 6. The summed E-state index contributed by atoms with van der Waals surface area (Å²) in [5, 5.41) is 2.76. The molecule has 3 N–H and O–H groups in total. The van der Waals surface area contributed by atoms with E-state index in [1.54, 1.807) is 24.6 Å². The van der Waals surface area contributed by atoms with Gasteiger partial charge >= 0.3 is 0 Å². The summed E-state index contributed by atoms with van der Waals surface area (Å²) < 4.78 is 10.8. The van der Waals surface area contributed by atoms with E-state index in [2.05, 4.69) is 10.3 Å². The molecule has 0 radical (unpaired) electrons.